The first-order chi connectivity index (χ1) is 9.28. The molecule has 0 aliphatic rings. The Morgan fingerprint density at radius 3 is 3.16 bits per heavy atom. The molecule has 0 radical (unpaired) electrons. The molecule has 0 saturated heterocycles. The smallest absolute Gasteiger partial charge is 0.260 e. The van der Waals surface area contributed by atoms with E-state index in [1.807, 2.05) is 25.2 Å². The highest BCUT2D eigenvalue weighted by Crippen LogP contribution is 2.25. The van der Waals surface area contributed by atoms with Gasteiger partial charge in [-0.2, -0.15) is 10.1 Å². The van der Waals surface area contributed by atoms with Gasteiger partial charge in [0.05, 0.1) is 17.3 Å². The highest BCUT2D eigenvalue weighted by molar-refractivity contribution is 5.90. The monoisotopic (exact) mass is 257 g/mol. The second-order valence-electron chi connectivity index (χ2n) is 4.55. The maximum atomic E-state index is 5.34. The number of fused-ring (bicyclic) bond motifs is 1. The van der Waals surface area contributed by atoms with Gasteiger partial charge in [-0.15, -0.1) is 0 Å². The van der Waals surface area contributed by atoms with Crippen LogP contribution in [0.2, 0.25) is 0 Å². The van der Waals surface area contributed by atoms with Gasteiger partial charge in [0.1, 0.15) is 0 Å². The molecule has 0 bridgehead atoms. The molecule has 1 unspecified atom stereocenters. The van der Waals surface area contributed by atoms with E-state index in [1.54, 1.807) is 6.20 Å². The van der Waals surface area contributed by atoms with E-state index < -0.39 is 0 Å². The molecule has 0 aliphatic carbocycles. The van der Waals surface area contributed by atoms with Gasteiger partial charge in [-0.25, -0.2) is 0 Å². The normalized spacial score (nSPS) is 12.9. The third-order valence-corrected chi connectivity index (χ3v) is 3.16. The molecule has 0 aliphatic heterocycles. The molecule has 98 valence electrons. The van der Waals surface area contributed by atoms with Gasteiger partial charge in [0.25, 0.3) is 5.89 Å². The summed E-state index contributed by atoms with van der Waals surface area (Å²) in [5, 5.41) is 15.2. The lowest BCUT2D eigenvalue weighted by Gasteiger charge is -2.04. The van der Waals surface area contributed by atoms with Crippen molar-refractivity contribution in [2.45, 2.75) is 19.4 Å². The summed E-state index contributed by atoms with van der Waals surface area (Å²) in [6.07, 6.45) is 2.51. The summed E-state index contributed by atoms with van der Waals surface area (Å²) in [6, 6.07) is 6.20. The average molecular weight is 257 g/mol. The number of para-hydroxylation sites is 1. The molecular formula is C13H15N5O. The van der Waals surface area contributed by atoms with E-state index in [0.29, 0.717) is 17.8 Å². The van der Waals surface area contributed by atoms with Crippen molar-refractivity contribution in [1.29, 1.82) is 0 Å². The number of hydrogen-bond acceptors (Lipinski definition) is 5. The average Bonchev–Trinajstić information content (AvgIpc) is 3.06. The summed E-state index contributed by atoms with van der Waals surface area (Å²) in [5.41, 5.74) is 1.80. The van der Waals surface area contributed by atoms with Gasteiger partial charge in [-0.1, -0.05) is 17.3 Å². The first-order valence-corrected chi connectivity index (χ1v) is 6.20. The highest BCUT2D eigenvalue weighted by Gasteiger charge is 2.14. The van der Waals surface area contributed by atoms with Crippen molar-refractivity contribution in [3.05, 3.63) is 30.2 Å². The molecule has 6 heteroatoms. The van der Waals surface area contributed by atoms with Crippen molar-refractivity contribution in [2.24, 2.45) is 0 Å². The van der Waals surface area contributed by atoms with Crippen LogP contribution in [0, 0.1) is 0 Å². The van der Waals surface area contributed by atoms with Crippen LogP contribution in [0.3, 0.4) is 0 Å². The van der Waals surface area contributed by atoms with E-state index >= 15 is 0 Å². The number of aromatic nitrogens is 4. The molecular weight excluding hydrogens is 242 g/mol. The Labute approximate surface area is 110 Å². The Hall–Kier alpha value is -2.21. The number of benzene rings is 1. The second-order valence-corrected chi connectivity index (χ2v) is 4.55. The van der Waals surface area contributed by atoms with E-state index in [9.17, 15) is 0 Å². The van der Waals surface area contributed by atoms with Crippen LogP contribution in [0.5, 0.6) is 0 Å². The minimum Gasteiger partial charge on any atom is -0.334 e. The minimum atomic E-state index is 0.313. The summed E-state index contributed by atoms with van der Waals surface area (Å²) < 4.78 is 5.34. The first-order valence-electron chi connectivity index (χ1n) is 6.20. The van der Waals surface area contributed by atoms with Crippen LogP contribution >= 0.6 is 0 Å². The minimum absolute atomic E-state index is 0.313. The van der Waals surface area contributed by atoms with Gasteiger partial charge in [0, 0.05) is 17.8 Å². The lowest BCUT2D eigenvalue weighted by molar-refractivity contribution is 0.418. The quantitative estimate of drug-likeness (QED) is 0.744. The molecule has 0 saturated carbocycles. The van der Waals surface area contributed by atoms with Crippen molar-refractivity contribution in [3.63, 3.8) is 0 Å². The number of H-pyrrole nitrogens is 1. The molecule has 19 heavy (non-hydrogen) atoms. The molecule has 3 aromatic rings. The fourth-order valence-corrected chi connectivity index (χ4v) is 1.97. The maximum absolute atomic E-state index is 5.34. The topological polar surface area (TPSA) is 79.6 Å². The van der Waals surface area contributed by atoms with E-state index in [-0.39, 0.29) is 0 Å². The van der Waals surface area contributed by atoms with E-state index in [1.165, 1.54) is 0 Å². The van der Waals surface area contributed by atoms with Gasteiger partial charge >= 0.3 is 0 Å². The number of aromatic amines is 1. The van der Waals surface area contributed by atoms with Crippen LogP contribution < -0.4 is 5.32 Å². The van der Waals surface area contributed by atoms with Crippen LogP contribution in [0.1, 0.15) is 12.7 Å². The van der Waals surface area contributed by atoms with Gasteiger partial charge in [-0.05, 0) is 20.0 Å². The van der Waals surface area contributed by atoms with E-state index in [4.69, 9.17) is 4.52 Å². The summed E-state index contributed by atoms with van der Waals surface area (Å²) in [6.45, 7) is 2.08. The van der Waals surface area contributed by atoms with E-state index in [0.717, 1.165) is 22.9 Å². The number of hydrogen-bond donors (Lipinski definition) is 2. The van der Waals surface area contributed by atoms with Crippen LogP contribution in [0.25, 0.3) is 22.4 Å². The van der Waals surface area contributed by atoms with Crippen molar-refractivity contribution < 1.29 is 4.52 Å². The standard InChI is InChI=1S/C13H15N5O/c1-8(14-2)6-11-16-13(19-18-11)10-5-3-4-9-7-15-17-12(9)10/h3-5,7-8,14H,6H2,1-2H3,(H,15,17). The maximum Gasteiger partial charge on any atom is 0.260 e. The summed E-state index contributed by atoms with van der Waals surface area (Å²) >= 11 is 0. The third kappa shape index (κ3) is 2.22. The Kier molecular flexibility index (Phi) is 3.00. The van der Waals surface area contributed by atoms with Crippen molar-refractivity contribution in [2.75, 3.05) is 7.05 Å². The number of rotatable bonds is 4. The zero-order valence-electron chi connectivity index (χ0n) is 10.8. The molecule has 0 amide bonds. The van der Waals surface area contributed by atoms with Crippen LogP contribution in [-0.2, 0) is 6.42 Å². The molecule has 0 fully saturated rings. The predicted octanol–water partition coefficient (Wildman–Crippen LogP) is 1.76. The Morgan fingerprint density at radius 2 is 2.32 bits per heavy atom. The Morgan fingerprint density at radius 1 is 1.42 bits per heavy atom. The van der Waals surface area contributed by atoms with Gasteiger partial charge in [0.2, 0.25) is 0 Å². The number of nitrogens with one attached hydrogen (secondary N) is 2. The lowest BCUT2D eigenvalue weighted by atomic mass is 10.1. The number of nitrogens with zero attached hydrogens (tertiary/aromatic N) is 3. The SMILES string of the molecule is CNC(C)Cc1noc(-c2cccc3cn[nH]c23)n1. The second kappa shape index (κ2) is 4.81. The van der Waals surface area contributed by atoms with Gasteiger partial charge < -0.3 is 9.84 Å². The van der Waals surface area contributed by atoms with Crippen molar-refractivity contribution >= 4 is 10.9 Å². The zero-order chi connectivity index (χ0) is 13.2. The Bertz CT molecular complexity index is 687. The van der Waals surface area contributed by atoms with E-state index in [2.05, 4.69) is 32.6 Å². The molecule has 1 atom stereocenters. The lowest BCUT2D eigenvalue weighted by Crippen LogP contribution is -2.24. The van der Waals surface area contributed by atoms with Crippen LogP contribution in [-0.4, -0.2) is 33.4 Å². The third-order valence-electron chi connectivity index (χ3n) is 3.16. The summed E-state index contributed by atoms with van der Waals surface area (Å²) in [5.74, 6) is 1.22. The van der Waals surface area contributed by atoms with Gasteiger partial charge in [0.15, 0.2) is 5.82 Å². The van der Waals surface area contributed by atoms with Crippen molar-refractivity contribution in [3.8, 4) is 11.5 Å². The largest absolute Gasteiger partial charge is 0.334 e. The summed E-state index contributed by atoms with van der Waals surface area (Å²) in [4.78, 5) is 4.43. The molecule has 2 heterocycles. The molecule has 3 rings (SSSR count). The zero-order valence-corrected chi connectivity index (χ0v) is 10.8. The first kappa shape index (κ1) is 11.9. The van der Waals surface area contributed by atoms with Crippen LogP contribution in [0.4, 0.5) is 0 Å². The molecule has 2 aromatic heterocycles. The van der Waals surface area contributed by atoms with Crippen LogP contribution in [0.15, 0.2) is 28.9 Å². The highest BCUT2D eigenvalue weighted by atomic mass is 16.5. The van der Waals surface area contributed by atoms with Gasteiger partial charge in [-0.3, -0.25) is 5.10 Å². The van der Waals surface area contributed by atoms with Crippen molar-refractivity contribution in [1.82, 2.24) is 25.7 Å². The Balaban J connectivity index is 1.96. The fourth-order valence-electron chi connectivity index (χ4n) is 1.97. The summed E-state index contributed by atoms with van der Waals surface area (Å²) in [7, 11) is 1.91. The fraction of sp³-hybridized carbons (Fsp3) is 0.308. The molecule has 0 spiro atoms. The molecule has 6 nitrogen and oxygen atoms in total. The molecule has 2 N–H and O–H groups in total. The number of likely N-dealkylation sites (N-methyl/N-ethyl adjacent to an activating group) is 1. The molecule has 1 aromatic carbocycles. The predicted molar refractivity (Wildman–Crippen MR) is 71.6 cm³/mol.